The van der Waals surface area contributed by atoms with Crippen molar-refractivity contribution in [3.05, 3.63) is 33.8 Å². The number of nitrogens with zero attached hydrogens (tertiary/aromatic N) is 1. The minimum absolute atomic E-state index is 0.329. The predicted molar refractivity (Wildman–Crippen MR) is 47.5 cm³/mol. The molecule has 0 spiro atoms. The summed E-state index contributed by atoms with van der Waals surface area (Å²) in [5.41, 5.74) is 3.48. The van der Waals surface area contributed by atoms with E-state index in [4.69, 9.17) is 10.5 Å². The molecule has 0 unspecified atom stereocenters. The van der Waals surface area contributed by atoms with E-state index in [-0.39, 0.29) is 0 Å². The average molecular weight is 227 g/mol. The van der Waals surface area contributed by atoms with Gasteiger partial charge in [-0.3, -0.25) is 0 Å². The summed E-state index contributed by atoms with van der Waals surface area (Å²) in [5, 5.41) is 17.0. The maximum atomic E-state index is 8.57. The molecule has 0 aliphatic carbocycles. The van der Waals surface area contributed by atoms with Gasteiger partial charge in [-0.15, -0.1) is 0 Å². The second-order valence-corrected chi connectivity index (χ2v) is 3.11. The molecule has 0 bridgehead atoms. The number of nitriles is 1. The molecule has 0 aromatic heterocycles. The fraction of sp³-hybridized carbons (Fsp3) is 0.125. The molecule has 0 saturated heterocycles. The molecule has 0 amide bonds. The standard InChI is InChI=1S/C8H7BrN2O/c9-8-2-1-6(4-10)3-7(8)5-11-12/h1-3,11-12H,5H2. The quantitative estimate of drug-likeness (QED) is 0.757. The average Bonchev–Trinajstić information content (AvgIpc) is 2.09. The number of hydrogen-bond donors (Lipinski definition) is 2. The predicted octanol–water partition coefficient (Wildman–Crippen LogP) is 1.80. The first-order valence-electron chi connectivity index (χ1n) is 3.33. The van der Waals surface area contributed by atoms with Crippen molar-refractivity contribution in [1.82, 2.24) is 5.48 Å². The number of benzene rings is 1. The molecule has 4 heteroatoms. The molecule has 1 rings (SSSR count). The van der Waals surface area contributed by atoms with Crippen molar-refractivity contribution in [3.8, 4) is 6.07 Å². The molecule has 0 saturated carbocycles. The number of rotatable bonds is 2. The molecule has 0 aliphatic rings. The maximum Gasteiger partial charge on any atom is 0.0991 e. The zero-order valence-electron chi connectivity index (χ0n) is 6.21. The van der Waals surface area contributed by atoms with Gasteiger partial charge in [0.05, 0.1) is 11.6 Å². The Morgan fingerprint density at radius 1 is 1.58 bits per heavy atom. The van der Waals surface area contributed by atoms with E-state index in [9.17, 15) is 0 Å². The molecule has 0 aliphatic heterocycles. The van der Waals surface area contributed by atoms with Gasteiger partial charge in [0.2, 0.25) is 0 Å². The lowest BCUT2D eigenvalue weighted by molar-refractivity contribution is 0.161. The van der Waals surface area contributed by atoms with E-state index < -0.39 is 0 Å². The van der Waals surface area contributed by atoms with Crippen molar-refractivity contribution >= 4 is 15.9 Å². The summed E-state index contributed by atoms with van der Waals surface area (Å²) in [6.07, 6.45) is 0. The van der Waals surface area contributed by atoms with Crippen LogP contribution in [0.2, 0.25) is 0 Å². The Hall–Kier alpha value is -0.890. The summed E-state index contributed by atoms with van der Waals surface area (Å²) in [6.45, 7) is 0.329. The van der Waals surface area contributed by atoms with Crippen molar-refractivity contribution in [1.29, 1.82) is 5.26 Å². The Labute approximate surface area is 78.7 Å². The highest BCUT2D eigenvalue weighted by molar-refractivity contribution is 9.10. The number of halogens is 1. The fourth-order valence-electron chi connectivity index (χ4n) is 0.865. The molecule has 12 heavy (non-hydrogen) atoms. The molecule has 0 atom stereocenters. The van der Waals surface area contributed by atoms with Gasteiger partial charge in [0, 0.05) is 11.0 Å². The minimum atomic E-state index is 0.329. The third-order valence-corrected chi connectivity index (χ3v) is 2.22. The van der Waals surface area contributed by atoms with Crippen molar-refractivity contribution in [2.75, 3.05) is 0 Å². The number of hydroxylamine groups is 1. The molecule has 1 aromatic carbocycles. The number of hydrogen-bond acceptors (Lipinski definition) is 3. The van der Waals surface area contributed by atoms with Crippen LogP contribution in [0.15, 0.2) is 22.7 Å². The van der Waals surface area contributed by atoms with Gasteiger partial charge in [0.15, 0.2) is 0 Å². The van der Waals surface area contributed by atoms with Crippen LogP contribution in [0.3, 0.4) is 0 Å². The SMILES string of the molecule is N#Cc1ccc(Br)c(CNO)c1. The van der Waals surface area contributed by atoms with Gasteiger partial charge in [-0.2, -0.15) is 5.26 Å². The number of nitrogens with one attached hydrogen (secondary N) is 1. The van der Waals surface area contributed by atoms with E-state index >= 15 is 0 Å². The minimum Gasteiger partial charge on any atom is -0.316 e. The van der Waals surface area contributed by atoms with Crippen LogP contribution in [0.5, 0.6) is 0 Å². The summed E-state index contributed by atoms with van der Waals surface area (Å²) >= 11 is 3.30. The first-order chi connectivity index (χ1) is 5.77. The van der Waals surface area contributed by atoms with E-state index in [0.29, 0.717) is 12.1 Å². The van der Waals surface area contributed by atoms with E-state index in [1.807, 2.05) is 11.5 Å². The molecule has 3 nitrogen and oxygen atoms in total. The Bertz CT molecular complexity index is 319. The largest absolute Gasteiger partial charge is 0.316 e. The lowest BCUT2D eigenvalue weighted by Gasteiger charge is -2.02. The van der Waals surface area contributed by atoms with Crippen molar-refractivity contribution in [2.45, 2.75) is 6.54 Å². The zero-order valence-corrected chi connectivity index (χ0v) is 7.80. The summed E-state index contributed by atoms with van der Waals surface area (Å²) < 4.78 is 0.878. The highest BCUT2D eigenvalue weighted by Crippen LogP contribution is 2.17. The fourth-order valence-corrected chi connectivity index (χ4v) is 1.25. The molecule has 1 aromatic rings. The van der Waals surface area contributed by atoms with E-state index in [2.05, 4.69) is 15.9 Å². The molecule has 0 fully saturated rings. The van der Waals surface area contributed by atoms with Crippen LogP contribution >= 0.6 is 15.9 Å². The normalized spacial score (nSPS) is 9.42. The van der Waals surface area contributed by atoms with Gasteiger partial charge in [0.25, 0.3) is 0 Å². The van der Waals surface area contributed by atoms with Crippen LogP contribution in [0, 0.1) is 11.3 Å². The Morgan fingerprint density at radius 3 is 2.92 bits per heavy atom. The zero-order chi connectivity index (χ0) is 8.97. The van der Waals surface area contributed by atoms with Crippen molar-refractivity contribution in [3.63, 3.8) is 0 Å². The van der Waals surface area contributed by atoms with Crippen LogP contribution in [-0.2, 0) is 6.54 Å². The van der Waals surface area contributed by atoms with Gasteiger partial charge in [-0.05, 0) is 23.8 Å². The van der Waals surface area contributed by atoms with Crippen LogP contribution in [0.4, 0.5) is 0 Å². The summed E-state index contributed by atoms with van der Waals surface area (Å²) in [6, 6.07) is 7.23. The molecule has 0 heterocycles. The van der Waals surface area contributed by atoms with E-state index in [0.717, 1.165) is 10.0 Å². The van der Waals surface area contributed by atoms with Gasteiger partial charge in [0.1, 0.15) is 0 Å². The van der Waals surface area contributed by atoms with Crippen molar-refractivity contribution in [2.24, 2.45) is 0 Å². The third-order valence-electron chi connectivity index (χ3n) is 1.44. The Morgan fingerprint density at radius 2 is 2.33 bits per heavy atom. The van der Waals surface area contributed by atoms with Crippen LogP contribution in [0.1, 0.15) is 11.1 Å². The maximum absolute atomic E-state index is 8.57. The summed E-state index contributed by atoms with van der Waals surface area (Å²) in [5.74, 6) is 0. The molecule has 0 radical (unpaired) electrons. The third kappa shape index (κ3) is 2.05. The van der Waals surface area contributed by atoms with Crippen molar-refractivity contribution < 1.29 is 5.21 Å². The second kappa shape index (κ2) is 4.21. The van der Waals surface area contributed by atoms with Gasteiger partial charge in [-0.25, -0.2) is 5.48 Å². The monoisotopic (exact) mass is 226 g/mol. The van der Waals surface area contributed by atoms with Gasteiger partial charge < -0.3 is 5.21 Å². The van der Waals surface area contributed by atoms with E-state index in [1.165, 1.54) is 0 Å². The molecule has 2 N–H and O–H groups in total. The first-order valence-corrected chi connectivity index (χ1v) is 4.12. The van der Waals surface area contributed by atoms with Crippen LogP contribution < -0.4 is 5.48 Å². The Kier molecular flexibility index (Phi) is 3.23. The topological polar surface area (TPSA) is 56.0 Å². The highest BCUT2D eigenvalue weighted by atomic mass is 79.9. The van der Waals surface area contributed by atoms with Crippen LogP contribution in [0.25, 0.3) is 0 Å². The highest BCUT2D eigenvalue weighted by Gasteiger charge is 1.99. The van der Waals surface area contributed by atoms with Gasteiger partial charge in [-0.1, -0.05) is 15.9 Å². The summed E-state index contributed by atoms with van der Waals surface area (Å²) in [4.78, 5) is 0. The lowest BCUT2D eigenvalue weighted by atomic mass is 10.1. The summed E-state index contributed by atoms with van der Waals surface area (Å²) in [7, 11) is 0. The molecular weight excluding hydrogens is 220 g/mol. The van der Waals surface area contributed by atoms with E-state index in [1.54, 1.807) is 18.2 Å². The van der Waals surface area contributed by atoms with Crippen LogP contribution in [-0.4, -0.2) is 5.21 Å². The first kappa shape index (κ1) is 9.20. The molecular formula is C8H7BrN2O. The lowest BCUT2D eigenvalue weighted by Crippen LogP contribution is -2.06. The van der Waals surface area contributed by atoms with Gasteiger partial charge >= 0.3 is 0 Å². The second-order valence-electron chi connectivity index (χ2n) is 2.25. The smallest absolute Gasteiger partial charge is 0.0991 e. The molecule has 62 valence electrons. The Balaban J connectivity index is 3.01.